The van der Waals surface area contributed by atoms with E-state index in [9.17, 15) is 14.0 Å². The molecule has 0 saturated carbocycles. The number of nitrogens with one attached hydrogen (secondary N) is 1. The number of hydrogen-bond acceptors (Lipinski definition) is 4. The molecule has 1 saturated heterocycles. The van der Waals surface area contributed by atoms with E-state index in [2.05, 4.69) is 9.97 Å². The van der Waals surface area contributed by atoms with Crippen molar-refractivity contribution in [1.29, 1.82) is 0 Å². The number of nitrogens with zero attached hydrogens (tertiary/aromatic N) is 2. The summed E-state index contributed by atoms with van der Waals surface area (Å²) in [6.45, 7) is 1.12. The molecule has 0 radical (unpaired) electrons. The number of fused-ring (bicyclic) bond motifs is 1. The quantitative estimate of drug-likeness (QED) is 0.754. The van der Waals surface area contributed by atoms with Crippen LogP contribution in [0, 0.1) is 5.82 Å². The van der Waals surface area contributed by atoms with Crippen LogP contribution in [0.2, 0.25) is 0 Å². The van der Waals surface area contributed by atoms with Crippen molar-refractivity contribution in [1.82, 2.24) is 14.9 Å². The van der Waals surface area contributed by atoms with E-state index in [1.165, 1.54) is 19.2 Å². The first-order valence-corrected chi connectivity index (χ1v) is 9.13. The van der Waals surface area contributed by atoms with E-state index in [-0.39, 0.29) is 29.6 Å². The van der Waals surface area contributed by atoms with Crippen LogP contribution in [-0.2, 0) is 11.2 Å². The fraction of sp³-hybridized carbons (Fsp3) is 0.286. The van der Waals surface area contributed by atoms with E-state index < -0.39 is 5.82 Å². The Hall–Kier alpha value is -3.22. The summed E-state index contributed by atoms with van der Waals surface area (Å²) in [5, 5.41) is 0.554. The molecule has 1 fully saturated rings. The van der Waals surface area contributed by atoms with Gasteiger partial charge in [-0.15, -0.1) is 0 Å². The van der Waals surface area contributed by atoms with Gasteiger partial charge in [-0.2, -0.15) is 0 Å². The molecule has 4 rings (SSSR count). The normalized spacial score (nSPS) is 16.5. The van der Waals surface area contributed by atoms with Crippen molar-refractivity contribution in [3.63, 3.8) is 0 Å². The largest absolute Gasteiger partial charge is 0.494 e. The average molecular weight is 381 g/mol. The number of aromatic amines is 1. The number of likely N-dealkylation sites (tertiary alicyclic amines) is 1. The lowest BCUT2D eigenvalue weighted by atomic mass is 10.0. The standard InChI is InChI=1S/C21H20FN3O3/c1-28-19-5-4-13(9-16(19)22)10-20(26)25-8-6-14(12-25)17-11-18-15(21(27)24-17)3-2-7-23-18/h2-5,7,9,11,14H,6,8,10,12H2,1H3,(H,24,27)/t14-/m1/s1. The third kappa shape index (κ3) is 3.47. The van der Waals surface area contributed by atoms with E-state index >= 15 is 0 Å². The van der Waals surface area contributed by atoms with Gasteiger partial charge in [0.1, 0.15) is 0 Å². The SMILES string of the molecule is COc1ccc(CC(=O)N2CC[C@@H](c3cc4ncccc4c(=O)[nH]3)C2)cc1F. The van der Waals surface area contributed by atoms with E-state index in [4.69, 9.17) is 4.74 Å². The highest BCUT2D eigenvalue weighted by molar-refractivity contribution is 5.79. The molecule has 0 aliphatic carbocycles. The number of methoxy groups -OCH3 is 1. The summed E-state index contributed by atoms with van der Waals surface area (Å²) in [4.78, 5) is 33.8. The number of rotatable bonds is 4. The summed E-state index contributed by atoms with van der Waals surface area (Å²) in [5.41, 5.74) is 1.89. The van der Waals surface area contributed by atoms with Crippen molar-refractivity contribution < 1.29 is 13.9 Å². The summed E-state index contributed by atoms with van der Waals surface area (Å²) in [6, 6.07) is 9.90. The molecule has 1 aromatic carbocycles. The third-order valence-corrected chi connectivity index (χ3v) is 5.19. The van der Waals surface area contributed by atoms with Crippen LogP contribution in [0.25, 0.3) is 10.9 Å². The molecule has 6 nitrogen and oxygen atoms in total. The Morgan fingerprint density at radius 3 is 3.00 bits per heavy atom. The number of H-pyrrole nitrogens is 1. The van der Waals surface area contributed by atoms with Crippen LogP contribution < -0.4 is 10.3 Å². The predicted molar refractivity (Wildman–Crippen MR) is 103 cm³/mol. The second-order valence-corrected chi connectivity index (χ2v) is 6.96. The van der Waals surface area contributed by atoms with Crippen molar-refractivity contribution >= 4 is 16.8 Å². The van der Waals surface area contributed by atoms with Crippen LogP contribution in [0.3, 0.4) is 0 Å². The molecule has 3 aromatic rings. The van der Waals surface area contributed by atoms with Crippen LogP contribution in [0.1, 0.15) is 23.6 Å². The maximum atomic E-state index is 13.8. The lowest BCUT2D eigenvalue weighted by molar-refractivity contribution is -0.129. The lowest BCUT2D eigenvalue weighted by Crippen LogP contribution is -2.30. The molecule has 7 heteroatoms. The topological polar surface area (TPSA) is 75.3 Å². The van der Waals surface area contributed by atoms with Gasteiger partial charge in [0.15, 0.2) is 11.6 Å². The molecule has 28 heavy (non-hydrogen) atoms. The Labute approximate surface area is 161 Å². The second-order valence-electron chi connectivity index (χ2n) is 6.96. The van der Waals surface area contributed by atoms with Gasteiger partial charge >= 0.3 is 0 Å². The van der Waals surface area contributed by atoms with Crippen LogP contribution >= 0.6 is 0 Å². The molecule has 1 amide bonds. The Morgan fingerprint density at radius 1 is 1.36 bits per heavy atom. The van der Waals surface area contributed by atoms with Gasteiger partial charge in [-0.25, -0.2) is 4.39 Å². The molecule has 144 valence electrons. The van der Waals surface area contributed by atoms with Gasteiger partial charge < -0.3 is 14.6 Å². The third-order valence-electron chi connectivity index (χ3n) is 5.19. The van der Waals surface area contributed by atoms with Crippen molar-refractivity contribution in [2.45, 2.75) is 18.8 Å². The van der Waals surface area contributed by atoms with Crippen molar-refractivity contribution in [2.24, 2.45) is 0 Å². The summed E-state index contributed by atoms with van der Waals surface area (Å²) < 4.78 is 18.7. The van der Waals surface area contributed by atoms with Gasteiger partial charge in [0, 0.05) is 30.9 Å². The van der Waals surface area contributed by atoms with Gasteiger partial charge in [0.25, 0.3) is 5.56 Å². The molecular formula is C21H20FN3O3. The first-order chi connectivity index (χ1) is 13.5. The highest BCUT2D eigenvalue weighted by Crippen LogP contribution is 2.27. The van der Waals surface area contributed by atoms with Crippen LogP contribution in [0.5, 0.6) is 5.75 Å². The molecule has 0 bridgehead atoms. The molecule has 0 unspecified atom stereocenters. The molecule has 1 aliphatic rings. The molecular weight excluding hydrogens is 361 g/mol. The number of aromatic nitrogens is 2. The molecule has 2 aromatic heterocycles. The molecule has 1 aliphatic heterocycles. The van der Waals surface area contributed by atoms with Crippen LogP contribution in [0.4, 0.5) is 4.39 Å². The minimum atomic E-state index is -0.478. The zero-order chi connectivity index (χ0) is 19.7. The Kier molecular flexibility index (Phi) is 4.81. The Morgan fingerprint density at radius 2 is 2.21 bits per heavy atom. The zero-order valence-corrected chi connectivity index (χ0v) is 15.4. The van der Waals surface area contributed by atoms with Crippen LogP contribution in [0.15, 0.2) is 47.4 Å². The number of carbonyl (C=O) groups excluding carboxylic acids is 1. The average Bonchev–Trinajstić information content (AvgIpc) is 3.19. The van der Waals surface area contributed by atoms with Crippen molar-refractivity contribution in [2.75, 3.05) is 20.2 Å². The predicted octanol–water partition coefficient (Wildman–Crippen LogP) is 2.63. The Bertz CT molecular complexity index is 1100. The molecule has 3 heterocycles. The van der Waals surface area contributed by atoms with Crippen molar-refractivity contribution in [3.05, 3.63) is 70.0 Å². The minimum absolute atomic E-state index is 0.0515. The number of benzene rings is 1. The van der Waals surface area contributed by atoms with E-state index in [0.717, 1.165) is 12.1 Å². The number of hydrogen-bond donors (Lipinski definition) is 1. The van der Waals surface area contributed by atoms with E-state index in [1.54, 1.807) is 29.3 Å². The zero-order valence-electron chi connectivity index (χ0n) is 15.4. The second kappa shape index (κ2) is 7.42. The minimum Gasteiger partial charge on any atom is -0.494 e. The summed E-state index contributed by atoms with van der Waals surface area (Å²) in [5.74, 6) is -0.330. The first kappa shape index (κ1) is 18.2. The number of halogens is 1. The van der Waals surface area contributed by atoms with Crippen molar-refractivity contribution in [3.8, 4) is 5.75 Å². The Balaban J connectivity index is 1.47. The number of amides is 1. The fourth-order valence-corrected chi connectivity index (χ4v) is 3.67. The molecule has 1 N–H and O–H groups in total. The van der Waals surface area contributed by atoms with Gasteiger partial charge in [0.2, 0.25) is 5.91 Å². The highest BCUT2D eigenvalue weighted by atomic mass is 19.1. The fourth-order valence-electron chi connectivity index (χ4n) is 3.67. The summed E-state index contributed by atoms with van der Waals surface area (Å²) in [6.07, 6.45) is 2.55. The number of pyridine rings is 2. The van der Waals surface area contributed by atoms with Gasteiger partial charge in [0.05, 0.1) is 24.4 Å². The number of ether oxygens (including phenoxy) is 1. The molecule has 1 atom stereocenters. The lowest BCUT2D eigenvalue weighted by Gasteiger charge is -2.17. The monoisotopic (exact) mass is 381 g/mol. The molecule has 0 spiro atoms. The smallest absolute Gasteiger partial charge is 0.257 e. The van der Waals surface area contributed by atoms with Crippen LogP contribution in [-0.4, -0.2) is 41.0 Å². The van der Waals surface area contributed by atoms with E-state index in [0.29, 0.717) is 29.6 Å². The maximum absolute atomic E-state index is 13.8. The summed E-state index contributed by atoms with van der Waals surface area (Å²) in [7, 11) is 1.40. The van der Waals surface area contributed by atoms with Gasteiger partial charge in [-0.3, -0.25) is 14.6 Å². The van der Waals surface area contributed by atoms with E-state index in [1.807, 2.05) is 6.07 Å². The maximum Gasteiger partial charge on any atom is 0.257 e. The van der Waals surface area contributed by atoms with Gasteiger partial charge in [-0.1, -0.05) is 6.07 Å². The highest BCUT2D eigenvalue weighted by Gasteiger charge is 2.28. The van der Waals surface area contributed by atoms with Gasteiger partial charge in [-0.05, 0) is 42.3 Å². The number of carbonyl (C=O) groups is 1. The summed E-state index contributed by atoms with van der Waals surface area (Å²) >= 11 is 0. The first-order valence-electron chi connectivity index (χ1n) is 9.13.